The minimum atomic E-state index is -0.394. The second-order valence-corrected chi connectivity index (χ2v) is 4.92. The Balaban J connectivity index is 1.91. The van der Waals surface area contributed by atoms with Gasteiger partial charge in [0, 0.05) is 19.6 Å². The smallest absolute Gasteiger partial charge is 0.254 e. The summed E-state index contributed by atoms with van der Waals surface area (Å²) in [7, 11) is 1.70. The number of hydrogen-bond acceptors (Lipinski definition) is 3. The van der Waals surface area contributed by atoms with Gasteiger partial charge in [0.15, 0.2) is 5.96 Å². The molecular weight excluding hydrogens is 204 g/mol. The maximum Gasteiger partial charge on any atom is 0.254 e. The third kappa shape index (κ3) is 1.21. The molecule has 3 saturated heterocycles. The average Bonchev–Trinajstić information content (AvgIpc) is 2.84. The first-order valence-corrected chi connectivity index (χ1v) is 6.07. The number of nitrogens with one attached hydrogen (secondary N) is 2. The van der Waals surface area contributed by atoms with Gasteiger partial charge in [-0.05, 0) is 25.8 Å². The van der Waals surface area contributed by atoms with E-state index in [0.717, 1.165) is 25.9 Å². The first-order chi connectivity index (χ1) is 7.76. The average molecular weight is 222 g/mol. The van der Waals surface area contributed by atoms with Crippen LogP contribution in [0.1, 0.15) is 25.7 Å². The minimum Gasteiger partial charge on any atom is -0.340 e. The number of fused-ring (bicyclic) bond motifs is 2. The Hall–Kier alpha value is -1.10. The molecule has 3 heterocycles. The molecule has 0 radical (unpaired) electrons. The summed E-state index contributed by atoms with van der Waals surface area (Å²) in [6.45, 7) is 2.17. The van der Waals surface area contributed by atoms with E-state index >= 15 is 0 Å². The molecule has 1 amide bonds. The number of carbonyl (C=O) groups excluding carboxylic acids is 1. The van der Waals surface area contributed by atoms with Crippen molar-refractivity contribution in [2.45, 2.75) is 37.3 Å². The van der Waals surface area contributed by atoms with E-state index in [1.54, 1.807) is 7.05 Å². The summed E-state index contributed by atoms with van der Waals surface area (Å²) in [6.07, 6.45) is 4.53. The maximum atomic E-state index is 12.1. The SMILES string of the molecule is CN=C1NC(=O)C2(CCN3CCCCC32)N1. The van der Waals surface area contributed by atoms with Crippen molar-refractivity contribution in [3.63, 3.8) is 0 Å². The molecule has 1 spiro atoms. The van der Waals surface area contributed by atoms with Gasteiger partial charge in [-0.3, -0.25) is 20.0 Å². The summed E-state index contributed by atoms with van der Waals surface area (Å²) < 4.78 is 0. The molecule has 5 heteroatoms. The molecule has 3 aliphatic heterocycles. The number of rotatable bonds is 0. The first-order valence-electron chi connectivity index (χ1n) is 6.07. The molecule has 16 heavy (non-hydrogen) atoms. The number of piperidine rings is 1. The maximum absolute atomic E-state index is 12.1. The normalized spacial score (nSPS) is 41.2. The highest BCUT2D eigenvalue weighted by Gasteiger charge is 2.56. The summed E-state index contributed by atoms with van der Waals surface area (Å²) in [6, 6.07) is 0.362. The van der Waals surface area contributed by atoms with Gasteiger partial charge >= 0.3 is 0 Å². The van der Waals surface area contributed by atoms with Crippen LogP contribution >= 0.6 is 0 Å². The van der Waals surface area contributed by atoms with Crippen LogP contribution in [0, 0.1) is 0 Å². The zero-order valence-electron chi connectivity index (χ0n) is 9.62. The van der Waals surface area contributed by atoms with Crippen LogP contribution < -0.4 is 10.6 Å². The van der Waals surface area contributed by atoms with Gasteiger partial charge < -0.3 is 5.32 Å². The Bertz CT molecular complexity index is 354. The highest BCUT2D eigenvalue weighted by atomic mass is 16.2. The number of nitrogens with zero attached hydrogens (tertiary/aromatic N) is 2. The monoisotopic (exact) mass is 222 g/mol. The van der Waals surface area contributed by atoms with Crippen molar-refractivity contribution in [1.29, 1.82) is 0 Å². The molecule has 5 nitrogen and oxygen atoms in total. The lowest BCUT2D eigenvalue weighted by atomic mass is 9.85. The highest BCUT2D eigenvalue weighted by molar-refractivity contribution is 6.09. The fourth-order valence-electron chi connectivity index (χ4n) is 3.34. The Labute approximate surface area is 95.3 Å². The van der Waals surface area contributed by atoms with Gasteiger partial charge in [0.1, 0.15) is 5.54 Å². The van der Waals surface area contributed by atoms with Crippen molar-refractivity contribution < 1.29 is 4.79 Å². The van der Waals surface area contributed by atoms with Crippen LogP contribution in [0.25, 0.3) is 0 Å². The molecule has 2 N–H and O–H groups in total. The lowest BCUT2D eigenvalue weighted by Gasteiger charge is -2.36. The molecule has 0 aromatic rings. The zero-order valence-corrected chi connectivity index (χ0v) is 9.62. The molecule has 88 valence electrons. The fraction of sp³-hybridized carbons (Fsp3) is 0.818. The predicted octanol–water partition coefficient (Wildman–Crippen LogP) is -0.311. The highest BCUT2D eigenvalue weighted by Crippen LogP contribution is 2.36. The van der Waals surface area contributed by atoms with Crippen LogP contribution in [0.5, 0.6) is 0 Å². The van der Waals surface area contributed by atoms with Crippen molar-refractivity contribution in [3.05, 3.63) is 0 Å². The Morgan fingerprint density at radius 1 is 1.44 bits per heavy atom. The summed E-state index contributed by atoms with van der Waals surface area (Å²) in [4.78, 5) is 18.6. The van der Waals surface area contributed by atoms with Crippen LogP contribution in [0.4, 0.5) is 0 Å². The van der Waals surface area contributed by atoms with E-state index in [2.05, 4.69) is 20.5 Å². The van der Waals surface area contributed by atoms with Gasteiger partial charge in [-0.25, -0.2) is 0 Å². The van der Waals surface area contributed by atoms with Crippen LogP contribution in [0.3, 0.4) is 0 Å². The van der Waals surface area contributed by atoms with Crippen LogP contribution in [-0.2, 0) is 4.79 Å². The van der Waals surface area contributed by atoms with E-state index in [4.69, 9.17) is 0 Å². The molecule has 0 saturated carbocycles. The topological polar surface area (TPSA) is 56.7 Å². The lowest BCUT2D eigenvalue weighted by Crippen LogP contribution is -2.57. The van der Waals surface area contributed by atoms with Gasteiger partial charge in [0.05, 0.1) is 0 Å². The Morgan fingerprint density at radius 2 is 2.31 bits per heavy atom. The van der Waals surface area contributed by atoms with Crippen molar-refractivity contribution in [2.75, 3.05) is 20.1 Å². The molecule has 0 aromatic heterocycles. The molecule has 0 aliphatic carbocycles. The first kappa shape index (κ1) is 10.1. The molecule has 3 rings (SSSR count). The summed E-state index contributed by atoms with van der Waals surface area (Å²) >= 11 is 0. The lowest BCUT2D eigenvalue weighted by molar-refractivity contribution is -0.125. The van der Waals surface area contributed by atoms with E-state index in [9.17, 15) is 4.79 Å². The number of aliphatic imine (C=N–C) groups is 1. The quantitative estimate of drug-likeness (QED) is 0.591. The second kappa shape index (κ2) is 3.45. The van der Waals surface area contributed by atoms with E-state index in [1.165, 1.54) is 12.8 Å². The second-order valence-electron chi connectivity index (χ2n) is 4.92. The molecular formula is C11H18N4O. The third-order valence-electron chi connectivity index (χ3n) is 4.18. The van der Waals surface area contributed by atoms with Gasteiger partial charge in [0.2, 0.25) is 0 Å². The fourth-order valence-corrected chi connectivity index (χ4v) is 3.34. The molecule has 2 atom stereocenters. The molecule has 0 aromatic carbocycles. The number of amides is 1. The number of carbonyl (C=O) groups is 1. The van der Waals surface area contributed by atoms with Gasteiger partial charge in [-0.15, -0.1) is 0 Å². The summed E-state index contributed by atoms with van der Waals surface area (Å²) in [5, 5.41) is 6.16. The number of hydrogen-bond donors (Lipinski definition) is 2. The van der Waals surface area contributed by atoms with Crippen molar-refractivity contribution in [3.8, 4) is 0 Å². The Kier molecular flexibility index (Phi) is 2.17. The molecule has 0 bridgehead atoms. The Morgan fingerprint density at radius 3 is 3.06 bits per heavy atom. The summed E-state index contributed by atoms with van der Waals surface area (Å²) in [5.41, 5.74) is -0.394. The minimum absolute atomic E-state index is 0.113. The predicted molar refractivity (Wildman–Crippen MR) is 61.2 cm³/mol. The molecule has 3 fully saturated rings. The van der Waals surface area contributed by atoms with E-state index < -0.39 is 5.54 Å². The third-order valence-corrected chi connectivity index (χ3v) is 4.18. The van der Waals surface area contributed by atoms with Crippen LogP contribution in [0.2, 0.25) is 0 Å². The van der Waals surface area contributed by atoms with Crippen LogP contribution in [0.15, 0.2) is 4.99 Å². The molecule has 2 unspecified atom stereocenters. The molecule has 3 aliphatic rings. The van der Waals surface area contributed by atoms with Gasteiger partial charge in [-0.1, -0.05) is 6.42 Å². The van der Waals surface area contributed by atoms with Gasteiger partial charge in [0.25, 0.3) is 5.91 Å². The van der Waals surface area contributed by atoms with Crippen molar-refractivity contribution in [1.82, 2.24) is 15.5 Å². The summed E-state index contributed by atoms with van der Waals surface area (Å²) in [5.74, 6) is 0.750. The number of guanidine groups is 1. The van der Waals surface area contributed by atoms with E-state index in [-0.39, 0.29) is 5.91 Å². The van der Waals surface area contributed by atoms with Crippen LogP contribution in [-0.4, -0.2) is 48.5 Å². The van der Waals surface area contributed by atoms with Crippen molar-refractivity contribution in [2.24, 2.45) is 4.99 Å². The van der Waals surface area contributed by atoms with Gasteiger partial charge in [-0.2, -0.15) is 0 Å². The van der Waals surface area contributed by atoms with E-state index in [1.807, 2.05) is 0 Å². The standard InChI is InChI=1S/C11H18N4O/c1-12-10-13-9(16)11(14-10)5-7-15-6-3-2-4-8(11)15/h8H,2-7H2,1H3,(H2,12,13,14,16). The zero-order chi connectivity index (χ0) is 11.2. The van der Waals surface area contributed by atoms with E-state index in [0.29, 0.717) is 12.0 Å². The van der Waals surface area contributed by atoms with Crippen molar-refractivity contribution >= 4 is 11.9 Å². The largest absolute Gasteiger partial charge is 0.340 e.